The number of amides is 1. The zero-order valence-electron chi connectivity index (χ0n) is 11.2. The Balaban J connectivity index is 1.61. The monoisotopic (exact) mass is 251 g/mol. The van der Waals surface area contributed by atoms with Crippen molar-refractivity contribution >= 4 is 5.91 Å². The van der Waals surface area contributed by atoms with Crippen LogP contribution in [0.25, 0.3) is 0 Å². The molecule has 1 unspecified atom stereocenters. The van der Waals surface area contributed by atoms with E-state index < -0.39 is 0 Å². The van der Waals surface area contributed by atoms with E-state index in [1.54, 1.807) is 0 Å². The van der Waals surface area contributed by atoms with Crippen LogP contribution in [0.2, 0.25) is 0 Å². The predicted octanol–water partition coefficient (Wildman–Crippen LogP) is 0.683. The number of carbonyl (C=O) groups is 1. The zero-order valence-corrected chi connectivity index (χ0v) is 11.2. The van der Waals surface area contributed by atoms with Crippen LogP contribution in [0.3, 0.4) is 0 Å². The lowest BCUT2D eigenvalue weighted by molar-refractivity contribution is -0.136. The smallest absolute Gasteiger partial charge is 0.227 e. The highest BCUT2D eigenvalue weighted by Crippen LogP contribution is 2.23. The SMILES string of the molecule is O=C([C@H]1CCCNC1)N1CCCN2CCCC2C1. The lowest BCUT2D eigenvalue weighted by Gasteiger charge is -2.30. The molecular formula is C14H25N3O. The van der Waals surface area contributed by atoms with Gasteiger partial charge in [0.25, 0.3) is 0 Å². The maximum absolute atomic E-state index is 12.6. The Morgan fingerprint density at radius 1 is 1.06 bits per heavy atom. The van der Waals surface area contributed by atoms with Crippen LogP contribution in [-0.2, 0) is 4.79 Å². The Morgan fingerprint density at radius 3 is 2.78 bits per heavy atom. The number of carbonyl (C=O) groups excluding carboxylic acids is 1. The summed E-state index contributed by atoms with van der Waals surface area (Å²) in [7, 11) is 0. The molecule has 1 amide bonds. The molecule has 0 spiro atoms. The molecule has 3 saturated heterocycles. The summed E-state index contributed by atoms with van der Waals surface area (Å²) in [5.74, 6) is 0.655. The first kappa shape index (κ1) is 12.4. The number of rotatable bonds is 1. The van der Waals surface area contributed by atoms with Gasteiger partial charge in [0.15, 0.2) is 0 Å². The van der Waals surface area contributed by atoms with Gasteiger partial charge in [0.2, 0.25) is 5.91 Å². The van der Waals surface area contributed by atoms with Gasteiger partial charge in [-0.15, -0.1) is 0 Å². The Bertz CT molecular complexity index is 301. The van der Waals surface area contributed by atoms with Crippen molar-refractivity contribution in [2.45, 2.75) is 38.1 Å². The van der Waals surface area contributed by atoms with E-state index in [0.717, 1.165) is 45.4 Å². The molecular weight excluding hydrogens is 226 g/mol. The van der Waals surface area contributed by atoms with Crippen molar-refractivity contribution in [1.82, 2.24) is 15.1 Å². The van der Waals surface area contributed by atoms with E-state index in [4.69, 9.17) is 0 Å². The van der Waals surface area contributed by atoms with Gasteiger partial charge in [0.1, 0.15) is 0 Å². The molecule has 0 bridgehead atoms. The van der Waals surface area contributed by atoms with Crippen molar-refractivity contribution in [3.63, 3.8) is 0 Å². The number of hydrogen-bond acceptors (Lipinski definition) is 3. The summed E-state index contributed by atoms with van der Waals surface area (Å²) in [4.78, 5) is 17.3. The van der Waals surface area contributed by atoms with Gasteiger partial charge >= 0.3 is 0 Å². The maximum atomic E-state index is 12.6. The third-order valence-electron chi connectivity index (χ3n) is 4.76. The Labute approximate surface area is 110 Å². The highest BCUT2D eigenvalue weighted by molar-refractivity contribution is 5.79. The standard InChI is InChI=1S/C14H25N3O/c18-14(12-4-1-6-15-10-12)17-9-3-8-16-7-2-5-13(16)11-17/h12-13,15H,1-11H2/t12-,13?/m0/s1. The molecule has 3 rings (SSSR count). The fraction of sp³-hybridized carbons (Fsp3) is 0.929. The number of piperidine rings is 1. The molecule has 0 aliphatic carbocycles. The summed E-state index contributed by atoms with van der Waals surface area (Å²) < 4.78 is 0. The molecule has 4 heteroatoms. The zero-order chi connectivity index (χ0) is 12.4. The minimum absolute atomic E-state index is 0.242. The fourth-order valence-electron chi connectivity index (χ4n) is 3.73. The first-order valence-corrected chi connectivity index (χ1v) is 7.58. The lowest BCUT2D eigenvalue weighted by atomic mass is 9.98. The topological polar surface area (TPSA) is 35.6 Å². The van der Waals surface area contributed by atoms with E-state index in [2.05, 4.69) is 15.1 Å². The molecule has 0 radical (unpaired) electrons. The van der Waals surface area contributed by atoms with Crippen LogP contribution in [0, 0.1) is 5.92 Å². The molecule has 1 N–H and O–H groups in total. The van der Waals surface area contributed by atoms with E-state index >= 15 is 0 Å². The van der Waals surface area contributed by atoms with Crippen LogP contribution in [0.4, 0.5) is 0 Å². The van der Waals surface area contributed by atoms with Crippen molar-refractivity contribution in [3.05, 3.63) is 0 Å². The molecule has 18 heavy (non-hydrogen) atoms. The molecule has 0 saturated carbocycles. The summed E-state index contributed by atoms with van der Waals surface area (Å²) in [6, 6.07) is 0.646. The van der Waals surface area contributed by atoms with Gasteiger partial charge in [0, 0.05) is 32.2 Å². The van der Waals surface area contributed by atoms with Crippen LogP contribution in [0.1, 0.15) is 32.1 Å². The van der Waals surface area contributed by atoms with Gasteiger partial charge < -0.3 is 10.2 Å². The second kappa shape index (κ2) is 5.57. The average molecular weight is 251 g/mol. The highest BCUT2D eigenvalue weighted by Gasteiger charge is 2.33. The third-order valence-corrected chi connectivity index (χ3v) is 4.76. The van der Waals surface area contributed by atoms with Crippen LogP contribution >= 0.6 is 0 Å². The normalized spacial score (nSPS) is 34.1. The summed E-state index contributed by atoms with van der Waals surface area (Å²) >= 11 is 0. The molecule has 102 valence electrons. The second-order valence-electron chi connectivity index (χ2n) is 6.01. The molecule has 0 aromatic rings. The van der Waals surface area contributed by atoms with Gasteiger partial charge in [-0.25, -0.2) is 0 Å². The number of nitrogens with zero attached hydrogens (tertiary/aromatic N) is 2. The quantitative estimate of drug-likeness (QED) is 0.744. The van der Waals surface area contributed by atoms with Crippen LogP contribution in [0.15, 0.2) is 0 Å². The molecule has 0 aromatic heterocycles. The fourth-order valence-corrected chi connectivity index (χ4v) is 3.73. The molecule has 3 aliphatic heterocycles. The largest absolute Gasteiger partial charge is 0.341 e. The average Bonchev–Trinajstić information content (AvgIpc) is 2.76. The van der Waals surface area contributed by atoms with Crippen molar-refractivity contribution in [2.75, 3.05) is 39.3 Å². The lowest BCUT2D eigenvalue weighted by Crippen LogP contribution is -2.46. The summed E-state index contributed by atoms with van der Waals surface area (Å²) in [6.07, 6.45) is 5.99. The minimum Gasteiger partial charge on any atom is -0.341 e. The molecule has 2 atom stereocenters. The van der Waals surface area contributed by atoms with Gasteiger partial charge in [-0.2, -0.15) is 0 Å². The van der Waals surface area contributed by atoms with E-state index in [9.17, 15) is 4.79 Å². The van der Waals surface area contributed by atoms with Crippen LogP contribution in [0.5, 0.6) is 0 Å². The van der Waals surface area contributed by atoms with Crippen molar-refractivity contribution in [3.8, 4) is 0 Å². The van der Waals surface area contributed by atoms with Crippen molar-refractivity contribution in [2.24, 2.45) is 5.92 Å². The van der Waals surface area contributed by atoms with Gasteiger partial charge in [-0.3, -0.25) is 9.69 Å². The van der Waals surface area contributed by atoms with Crippen LogP contribution < -0.4 is 5.32 Å². The minimum atomic E-state index is 0.242. The Morgan fingerprint density at radius 2 is 1.94 bits per heavy atom. The van der Waals surface area contributed by atoms with Crippen molar-refractivity contribution < 1.29 is 4.79 Å². The van der Waals surface area contributed by atoms with E-state index in [1.807, 2.05) is 0 Å². The first-order valence-electron chi connectivity index (χ1n) is 7.58. The molecule has 3 aliphatic rings. The number of hydrogen-bond donors (Lipinski definition) is 1. The number of nitrogens with one attached hydrogen (secondary N) is 1. The Kier molecular flexibility index (Phi) is 3.85. The van der Waals surface area contributed by atoms with E-state index in [1.165, 1.54) is 25.9 Å². The van der Waals surface area contributed by atoms with Crippen LogP contribution in [-0.4, -0.2) is 61.0 Å². The van der Waals surface area contributed by atoms with E-state index in [-0.39, 0.29) is 5.92 Å². The van der Waals surface area contributed by atoms with Crippen molar-refractivity contribution in [1.29, 1.82) is 0 Å². The predicted molar refractivity (Wildman–Crippen MR) is 71.4 cm³/mol. The first-order chi connectivity index (χ1) is 8.84. The van der Waals surface area contributed by atoms with Gasteiger partial charge in [-0.1, -0.05) is 0 Å². The van der Waals surface area contributed by atoms with Gasteiger partial charge in [0.05, 0.1) is 5.92 Å². The second-order valence-corrected chi connectivity index (χ2v) is 6.01. The summed E-state index contributed by atoms with van der Waals surface area (Å²) in [5, 5.41) is 3.36. The molecule has 3 heterocycles. The Hall–Kier alpha value is -0.610. The maximum Gasteiger partial charge on any atom is 0.227 e. The number of fused-ring (bicyclic) bond motifs is 1. The summed E-state index contributed by atoms with van der Waals surface area (Å²) in [5.41, 5.74) is 0. The third kappa shape index (κ3) is 2.54. The molecule has 0 aromatic carbocycles. The highest BCUT2D eigenvalue weighted by atomic mass is 16.2. The molecule has 4 nitrogen and oxygen atoms in total. The molecule has 3 fully saturated rings. The summed E-state index contributed by atoms with van der Waals surface area (Å²) in [6.45, 7) is 6.37. The van der Waals surface area contributed by atoms with E-state index in [0.29, 0.717) is 11.9 Å². The van der Waals surface area contributed by atoms with Gasteiger partial charge in [-0.05, 0) is 45.2 Å².